The molecule has 0 atom stereocenters. The average molecular weight is 228 g/mol. The molecule has 0 bridgehead atoms. The molecular formula is C16H20O. The van der Waals surface area contributed by atoms with E-state index in [1.807, 2.05) is 0 Å². The number of carbonyl (C=O) groups excluding carboxylic acids is 1. The molecule has 2 aliphatic rings. The summed E-state index contributed by atoms with van der Waals surface area (Å²) < 4.78 is 0. The number of Topliss-reactive ketones (excluding diaryl/α,β-unsaturated/α-hetero) is 1. The second kappa shape index (κ2) is 3.97. The summed E-state index contributed by atoms with van der Waals surface area (Å²) >= 11 is 0. The van der Waals surface area contributed by atoms with Gasteiger partial charge in [-0.05, 0) is 54.2 Å². The third kappa shape index (κ3) is 1.92. The second-order valence-corrected chi connectivity index (χ2v) is 5.85. The Balaban J connectivity index is 1.84. The first-order valence-corrected chi connectivity index (χ1v) is 6.83. The van der Waals surface area contributed by atoms with Gasteiger partial charge in [0, 0.05) is 12.8 Å². The minimum absolute atomic E-state index is 0.433. The lowest BCUT2D eigenvalue weighted by molar-refractivity contribution is -0.122. The number of aryl methyl sites for hydroxylation is 1. The fourth-order valence-corrected chi connectivity index (χ4v) is 3.52. The Hall–Kier alpha value is -1.11. The standard InChI is InChI=1S/C16H20O/c1-2-12-3-4-13-10-16(11-14(13)9-12)7-5-15(17)6-8-16/h3-4,9H,2,5-8,10-11H2,1H3. The van der Waals surface area contributed by atoms with Crippen molar-refractivity contribution >= 4 is 5.78 Å². The van der Waals surface area contributed by atoms with Crippen LogP contribution >= 0.6 is 0 Å². The van der Waals surface area contributed by atoms with E-state index in [2.05, 4.69) is 25.1 Å². The summed E-state index contributed by atoms with van der Waals surface area (Å²) in [5, 5.41) is 0. The van der Waals surface area contributed by atoms with Crippen molar-refractivity contribution in [3.63, 3.8) is 0 Å². The molecule has 1 saturated carbocycles. The summed E-state index contributed by atoms with van der Waals surface area (Å²) in [5.41, 5.74) is 4.98. The van der Waals surface area contributed by atoms with E-state index in [9.17, 15) is 4.79 Å². The number of rotatable bonds is 1. The van der Waals surface area contributed by atoms with Gasteiger partial charge in [0.05, 0.1) is 0 Å². The Kier molecular flexibility index (Phi) is 2.57. The monoisotopic (exact) mass is 228 g/mol. The molecule has 1 nitrogen and oxygen atoms in total. The van der Waals surface area contributed by atoms with Gasteiger partial charge in [0.1, 0.15) is 5.78 Å². The van der Waals surface area contributed by atoms with E-state index < -0.39 is 0 Å². The lowest BCUT2D eigenvalue weighted by atomic mass is 9.72. The summed E-state index contributed by atoms with van der Waals surface area (Å²) in [6.07, 6.45) is 7.40. The molecule has 0 N–H and O–H groups in total. The first-order chi connectivity index (χ1) is 8.21. The van der Waals surface area contributed by atoms with E-state index >= 15 is 0 Å². The van der Waals surface area contributed by atoms with Crippen LogP contribution in [0.1, 0.15) is 49.3 Å². The maximum atomic E-state index is 11.4. The lowest BCUT2D eigenvalue weighted by Gasteiger charge is -2.32. The number of ketones is 1. The summed E-state index contributed by atoms with van der Waals surface area (Å²) in [7, 11) is 0. The number of carbonyl (C=O) groups is 1. The zero-order valence-corrected chi connectivity index (χ0v) is 10.6. The smallest absolute Gasteiger partial charge is 0.132 e. The van der Waals surface area contributed by atoms with Gasteiger partial charge >= 0.3 is 0 Å². The third-order valence-corrected chi connectivity index (χ3v) is 4.68. The van der Waals surface area contributed by atoms with Crippen LogP contribution < -0.4 is 0 Å². The van der Waals surface area contributed by atoms with Gasteiger partial charge in [-0.2, -0.15) is 0 Å². The van der Waals surface area contributed by atoms with Gasteiger partial charge in [0.25, 0.3) is 0 Å². The molecule has 0 radical (unpaired) electrons. The first-order valence-electron chi connectivity index (χ1n) is 6.83. The Morgan fingerprint density at radius 2 is 1.82 bits per heavy atom. The third-order valence-electron chi connectivity index (χ3n) is 4.68. The second-order valence-electron chi connectivity index (χ2n) is 5.85. The lowest BCUT2D eigenvalue weighted by Crippen LogP contribution is -2.28. The zero-order chi connectivity index (χ0) is 11.9. The number of benzene rings is 1. The SMILES string of the molecule is CCc1ccc2c(c1)CC1(CCC(=O)CC1)C2. The molecule has 1 heteroatoms. The van der Waals surface area contributed by atoms with Gasteiger partial charge in [-0.25, -0.2) is 0 Å². The van der Waals surface area contributed by atoms with Crippen molar-refractivity contribution in [2.75, 3.05) is 0 Å². The zero-order valence-electron chi connectivity index (χ0n) is 10.6. The fraction of sp³-hybridized carbons (Fsp3) is 0.562. The fourth-order valence-electron chi connectivity index (χ4n) is 3.52. The highest BCUT2D eigenvalue weighted by Gasteiger charge is 2.39. The van der Waals surface area contributed by atoms with E-state index in [-0.39, 0.29) is 0 Å². The van der Waals surface area contributed by atoms with Crippen molar-refractivity contribution in [2.24, 2.45) is 5.41 Å². The summed E-state index contributed by atoms with van der Waals surface area (Å²) in [4.78, 5) is 11.4. The number of hydrogen-bond donors (Lipinski definition) is 0. The predicted molar refractivity (Wildman–Crippen MR) is 69.1 cm³/mol. The van der Waals surface area contributed by atoms with Gasteiger partial charge in [0.15, 0.2) is 0 Å². The molecule has 0 aliphatic heterocycles. The minimum Gasteiger partial charge on any atom is -0.300 e. The van der Waals surface area contributed by atoms with Crippen molar-refractivity contribution < 1.29 is 4.79 Å². The van der Waals surface area contributed by atoms with Gasteiger partial charge in [-0.15, -0.1) is 0 Å². The summed E-state index contributed by atoms with van der Waals surface area (Å²) in [6.45, 7) is 2.21. The Morgan fingerprint density at radius 3 is 2.53 bits per heavy atom. The van der Waals surface area contributed by atoms with Crippen LogP contribution in [0.15, 0.2) is 18.2 Å². The predicted octanol–water partition coefficient (Wildman–Crippen LogP) is 3.48. The number of fused-ring (bicyclic) bond motifs is 1. The molecule has 1 aromatic carbocycles. The quantitative estimate of drug-likeness (QED) is 0.719. The highest BCUT2D eigenvalue weighted by molar-refractivity contribution is 5.79. The molecule has 17 heavy (non-hydrogen) atoms. The number of hydrogen-bond acceptors (Lipinski definition) is 1. The average Bonchev–Trinajstić information content (AvgIpc) is 2.70. The van der Waals surface area contributed by atoms with Crippen molar-refractivity contribution in [1.82, 2.24) is 0 Å². The van der Waals surface area contributed by atoms with Crippen molar-refractivity contribution in [3.05, 3.63) is 34.9 Å². The molecule has 0 unspecified atom stereocenters. The van der Waals surface area contributed by atoms with E-state index in [4.69, 9.17) is 0 Å². The molecule has 1 spiro atoms. The van der Waals surface area contributed by atoms with Crippen molar-refractivity contribution in [2.45, 2.75) is 51.9 Å². The highest BCUT2D eigenvalue weighted by atomic mass is 16.1. The van der Waals surface area contributed by atoms with Crippen LogP contribution in [0.3, 0.4) is 0 Å². The van der Waals surface area contributed by atoms with E-state index in [1.165, 1.54) is 24.0 Å². The van der Waals surface area contributed by atoms with Crippen LogP contribution in [0.25, 0.3) is 0 Å². The molecule has 1 fully saturated rings. The maximum absolute atomic E-state index is 11.4. The molecule has 0 amide bonds. The molecule has 1 aromatic rings. The van der Waals surface area contributed by atoms with Gasteiger partial charge < -0.3 is 0 Å². The van der Waals surface area contributed by atoms with Crippen LogP contribution in [0.5, 0.6) is 0 Å². The maximum Gasteiger partial charge on any atom is 0.132 e. The van der Waals surface area contributed by atoms with Crippen LogP contribution in [0, 0.1) is 5.41 Å². The Morgan fingerprint density at radius 1 is 1.12 bits per heavy atom. The largest absolute Gasteiger partial charge is 0.300 e. The van der Waals surface area contributed by atoms with E-state index in [1.54, 1.807) is 5.56 Å². The molecule has 90 valence electrons. The van der Waals surface area contributed by atoms with Gasteiger partial charge in [-0.3, -0.25) is 4.79 Å². The molecule has 2 aliphatic carbocycles. The van der Waals surface area contributed by atoms with Crippen LogP contribution in [-0.2, 0) is 24.1 Å². The van der Waals surface area contributed by atoms with Gasteiger partial charge in [-0.1, -0.05) is 25.1 Å². The van der Waals surface area contributed by atoms with Crippen molar-refractivity contribution in [1.29, 1.82) is 0 Å². The Bertz CT molecular complexity index is 449. The highest BCUT2D eigenvalue weighted by Crippen LogP contribution is 2.46. The molecule has 0 aromatic heterocycles. The van der Waals surface area contributed by atoms with E-state index in [0.717, 1.165) is 32.1 Å². The molecule has 3 rings (SSSR count). The summed E-state index contributed by atoms with van der Waals surface area (Å²) in [5.74, 6) is 0.473. The van der Waals surface area contributed by atoms with Crippen LogP contribution in [-0.4, -0.2) is 5.78 Å². The topological polar surface area (TPSA) is 17.1 Å². The van der Waals surface area contributed by atoms with Crippen molar-refractivity contribution in [3.8, 4) is 0 Å². The van der Waals surface area contributed by atoms with Gasteiger partial charge in [0.2, 0.25) is 0 Å². The van der Waals surface area contributed by atoms with Crippen LogP contribution in [0.4, 0.5) is 0 Å². The van der Waals surface area contributed by atoms with E-state index in [0.29, 0.717) is 11.2 Å². The Labute approximate surface area is 103 Å². The molecule has 0 heterocycles. The van der Waals surface area contributed by atoms with Crippen LogP contribution in [0.2, 0.25) is 0 Å². The molecule has 0 saturated heterocycles. The normalized spacial score (nSPS) is 21.8. The minimum atomic E-state index is 0.433. The molecular weight excluding hydrogens is 208 g/mol. The summed E-state index contributed by atoms with van der Waals surface area (Å²) in [6, 6.07) is 6.98. The first kappa shape index (κ1) is 11.0.